The van der Waals surface area contributed by atoms with Crippen LogP contribution in [-0.4, -0.2) is 54.9 Å². The van der Waals surface area contributed by atoms with Gasteiger partial charge in [-0.15, -0.1) is 0 Å². The number of aliphatic carboxylic acids is 1. The minimum Gasteiger partial charge on any atom is -0.481 e. The average molecular weight is 300 g/mol. The van der Waals surface area contributed by atoms with E-state index in [2.05, 4.69) is 5.32 Å². The van der Waals surface area contributed by atoms with Crippen LogP contribution in [0, 0.1) is 11.8 Å². The molecular formula is C15H28N2O4. The van der Waals surface area contributed by atoms with Crippen molar-refractivity contribution in [2.75, 3.05) is 26.7 Å². The molecule has 122 valence electrons. The highest BCUT2D eigenvalue weighted by molar-refractivity contribution is 5.73. The second-order valence-corrected chi connectivity index (χ2v) is 6.08. The molecule has 0 atom stereocenters. The van der Waals surface area contributed by atoms with E-state index in [0.717, 1.165) is 12.8 Å². The molecule has 2 amide bonds. The zero-order valence-electron chi connectivity index (χ0n) is 13.3. The van der Waals surface area contributed by atoms with Gasteiger partial charge in [0.2, 0.25) is 0 Å². The van der Waals surface area contributed by atoms with E-state index in [4.69, 9.17) is 9.84 Å². The number of ether oxygens (including phenoxy) is 1. The van der Waals surface area contributed by atoms with Crippen LogP contribution in [0.15, 0.2) is 0 Å². The van der Waals surface area contributed by atoms with Crippen molar-refractivity contribution in [2.24, 2.45) is 11.8 Å². The van der Waals surface area contributed by atoms with Gasteiger partial charge in [-0.25, -0.2) is 4.79 Å². The van der Waals surface area contributed by atoms with Crippen LogP contribution in [0.4, 0.5) is 4.79 Å². The van der Waals surface area contributed by atoms with Crippen LogP contribution < -0.4 is 5.32 Å². The second-order valence-electron chi connectivity index (χ2n) is 6.08. The molecule has 0 unspecified atom stereocenters. The molecule has 0 spiro atoms. The first-order valence-electron chi connectivity index (χ1n) is 7.73. The zero-order valence-corrected chi connectivity index (χ0v) is 13.3. The Labute approximate surface area is 126 Å². The van der Waals surface area contributed by atoms with E-state index < -0.39 is 5.97 Å². The summed E-state index contributed by atoms with van der Waals surface area (Å²) in [4.78, 5) is 24.4. The monoisotopic (exact) mass is 300 g/mol. The molecule has 6 nitrogen and oxygen atoms in total. The van der Waals surface area contributed by atoms with Gasteiger partial charge in [0.25, 0.3) is 0 Å². The van der Waals surface area contributed by atoms with Crippen LogP contribution in [0.1, 0.15) is 39.5 Å². The van der Waals surface area contributed by atoms with Crippen molar-refractivity contribution in [3.8, 4) is 0 Å². The minimum atomic E-state index is -0.692. The number of carboxylic acids is 1. The summed E-state index contributed by atoms with van der Waals surface area (Å²) >= 11 is 0. The van der Waals surface area contributed by atoms with Gasteiger partial charge in [0.05, 0.1) is 18.6 Å². The molecule has 0 bridgehead atoms. The van der Waals surface area contributed by atoms with Gasteiger partial charge < -0.3 is 20.1 Å². The van der Waals surface area contributed by atoms with Crippen LogP contribution >= 0.6 is 0 Å². The number of rotatable bonds is 7. The highest BCUT2D eigenvalue weighted by Gasteiger charge is 2.26. The van der Waals surface area contributed by atoms with E-state index >= 15 is 0 Å². The van der Waals surface area contributed by atoms with Crippen molar-refractivity contribution in [2.45, 2.75) is 45.6 Å². The first-order chi connectivity index (χ1) is 9.90. The number of carbonyl (C=O) groups is 2. The SMILES string of the molecule is CC(C)OCCN(C)C(=O)NCC1CCC(C(=O)O)CC1. The summed E-state index contributed by atoms with van der Waals surface area (Å²) in [5.41, 5.74) is 0. The first-order valence-corrected chi connectivity index (χ1v) is 7.73. The Morgan fingerprint density at radius 1 is 1.29 bits per heavy atom. The lowest BCUT2D eigenvalue weighted by Gasteiger charge is -2.27. The second kappa shape index (κ2) is 8.87. The lowest BCUT2D eigenvalue weighted by atomic mass is 9.82. The largest absolute Gasteiger partial charge is 0.481 e. The molecule has 0 heterocycles. The van der Waals surface area contributed by atoms with Gasteiger partial charge in [0.1, 0.15) is 0 Å². The van der Waals surface area contributed by atoms with Crippen molar-refractivity contribution in [3.63, 3.8) is 0 Å². The number of hydrogen-bond acceptors (Lipinski definition) is 3. The molecule has 0 aromatic rings. The topological polar surface area (TPSA) is 78.9 Å². The quantitative estimate of drug-likeness (QED) is 0.753. The van der Waals surface area contributed by atoms with Gasteiger partial charge in [-0.1, -0.05) is 0 Å². The Bertz CT molecular complexity index is 339. The minimum absolute atomic E-state index is 0.0947. The third-order valence-corrected chi connectivity index (χ3v) is 3.96. The van der Waals surface area contributed by atoms with Gasteiger partial charge in [-0.2, -0.15) is 0 Å². The number of urea groups is 1. The lowest BCUT2D eigenvalue weighted by molar-refractivity contribution is -0.143. The van der Waals surface area contributed by atoms with Crippen molar-refractivity contribution in [1.82, 2.24) is 10.2 Å². The fraction of sp³-hybridized carbons (Fsp3) is 0.867. The van der Waals surface area contributed by atoms with Crippen molar-refractivity contribution < 1.29 is 19.4 Å². The molecular weight excluding hydrogens is 272 g/mol. The molecule has 0 saturated heterocycles. The molecule has 0 aromatic heterocycles. The predicted molar refractivity (Wildman–Crippen MR) is 80.2 cm³/mol. The van der Waals surface area contributed by atoms with E-state index in [0.29, 0.717) is 38.5 Å². The number of amides is 2. The van der Waals surface area contributed by atoms with E-state index in [1.165, 1.54) is 0 Å². The molecule has 1 aliphatic rings. The normalized spacial score (nSPS) is 22.1. The first kappa shape index (κ1) is 17.8. The van der Waals surface area contributed by atoms with Gasteiger partial charge in [-0.3, -0.25) is 4.79 Å². The van der Waals surface area contributed by atoms with Crippen molar-refractivity contribution in [1.29, 1.82) is 0 Å². The smallest absolute Gasteiger partial charge is 0.317 e. The summed E-state index contributed by atoms with van der Waals surface area (Å²) in [5.74, 6) is -0.500. The number of carboxylic acid groups (broad SMARTS) is 1. The van der Waals surface area contributed by atoms with Gasteiger partial charge in [0, 0.05) is 20.1 Å². The maximum atomic E-state index is 11.9. The van der Waals surface area contributed by atoms with E-state index in [1.54, 1.807) is 11.9 Å². The van der Waals surface area contributed by atoms with Gasteiger partial charge >= 0.3 is 12.0 Å². The summed E-state index contributed by atoms with van der Waals surface area (Å²) in [6.07, 6.45) is 3.35. The average Bonchev–Trinajstić information content (AvgIpc) is 2.44. The molecule has 6 heteroatoms. The van der Waals surface area contributed by atoms with E-state index in [-0.39, 0.29) is 18.1 Å². The number of hydrogen-bond donors (Lipinski definition) is 2. The number of nitrogens with zero attached hydrogens (tertiary/aromatic N) is 1. The van der Waals surface area contributed by atoms with Crippen LogP contribution in [0.25, 0.3) is 0 Å². The molecule has 21 heavy (non-hydrogen) atoms. The Morgan fingerprint density at radius 3 is 2.43 bits per heavy atom. The standard InChI is InChI=1S/C15H28N2O4/c1-11(2)21-9-8-17(3)15(20)16-10-12-4-6-13(7-5-12)14(18)19/h11-13H,4-10H2,1-3H3,(H,16,20)(H,18,19). The van der Waals surface area contributed by atoms with Crippen LogP contribution in [0.2, 0.25) is 0 Å². The maximum absolute atomic E-state index is 11.9. The molecule has 0 radical (unpaired) electrons. The Balaban J connectivity index is 2.17. The zero-order chi connectivity index (χ0) is 15.8. The van der Waals surface area contributed by atoms with Gasteiger partial charge in [-0.05, 0) is 45.4 Å². The van der Waals surface area contributed by atoms with Gasteiger partial charge in [0.15, 0.2) is 0 Å². The molecule has 2 N–H and O–H groups in total. The van der Waals surface area contributed by atoms with Crippen LogP contribution in [-0.2, 0) is 9.53 Å². The molecule has 1 saturated carbocycles. The molecule has 1 rings (SSSR count). The molecule has 0 aliphatic heterocycles. The molecule has 0 aromatic carbocycles. The fourth-order valence-electron chi connectivity index (χ4n) is 2.51. The third-order valence-electron chi connectivity index (χ3n) is 3.96. The maximum Gasteiger partial charge on any atom is 0.317 e. The summed E-state index contributed by atoms with van der Waals surface area (Å²) in [5, 5.41) is 11.9. The molecule has 1 aliphatic carbocycles. The Hall–Kier alpha value is -1.30. The summed E-state index contributed by atoms with van der Waals surface area (Å²) in [6, 6.07) is -0.0947. The van der Waals surface area contributed by atoms with Crippen molar-refractivity contribution >= 4 is 12.0 Å². The highest BCUT2D eigenvalue weighted by Crippen LogP contribution is 2.28. The van der Waals surface area contributed by atoms with Crippen LogP contribution in [0.3, 0.4) is 0 Å². The van der Waals surface area contributed by atoms with Crippen molar-refractivity contribution in [3.05, 3.63) is 0 Å². The fourth-order valence-corrected chi connectivity index (χ4v) is 2.51. The number of likely N-dealkylation sites (N-methyl/N-ethyl adjacent to an activating group) is 1. The van der Waals surface area contributed by atoms with E-state index in [9.17, 15) is 9.59 Å². The summed E-state index contributed by atoms with van der Waals surface area (Å²) in [7, 11) is 1.75. The summed E-state index contributed by atoms with van der Waals surface area (Å²) in [6.45, 7) is 5.66. The Kier molecular flexibility index (Phi) is 7.50. The number of nitrogens with one attached hydrogen (secondary N) is 1. The van der Waals surface area contributed by atoms with Crippen LogP contribution in [0.5, 0.6) is 0 Å². The summed E-state index contributed by atoms with van der Waals surface area (Å²) < 4.78 is 5.41. The molecule has 1 fully saturated rings. The Morgan fingerprint density at radius 2 is 1.90 bits per heavy atom. The predicted octanol–water partition coefficient (Wildman–Crippen LogP) is 1.94. The van der Waals surface area contributed by atoms with E-state index in [1.807, 2.05) is 13.8 Å². The number of carbonyl (C=O) groups excluding carboxylic acids is 1. The lowest BCUT2D eigenvalue weighted by Crippen LogP contribution is -2.41. The highest BCUT2D eigenvalue weighted by atomic mass is 16.5. The third kappa shape index (κ3) is 6.80.